The van der Waals surface area contributed by atoms with Crippen molar-refractivity contribution in [3.05, 3.63) is 35.9 Å². The SMILES string of the molecule is CC(C)NC(=O)OCC1(c2ccccc2)CO1. The van der Waals surface area contributed by atoms with E-state index in [4.69, 9.17) is 9.47 Å². The Morgan fingerprint density at radius 3 is 2.65 bits per heavy atom. The smallest absolute Gasteiger partial charge is 0.407 e. The molecule has 4 nitrogen and oxygen atoms in total. The number of benzene rings is 1. The minimum Gasteiger partial charge on any atom is -0.446 e. The summed E-state index contributed by atoms with van der Waals surface area (Å²) in [5.74, 6) is 0. The van der Waals surface area contributed by atoms with Crippen LogP contribution in [0.5, 0.6) is 0 Å². The summed E-state index contributed by atoms with van der Waals surface area (Å²) in [6.07, 6.45) is -0.397. The Morgan fingerprint density at radius 1 is 1.47 bits per heavy atom. The summed E-state index contributed by atoms with van der Waals surface area (Å²) in [4.78, 5) is 11.4. The number of hydrogen-bond acceptors (Lipinski definition) is 3. The summed E-state index contributed by atoms with van der Waals surface area (Å²) in [7, 11) is 0. The van der Waals surface area contributed by atoms with Gasteiger partial charge in [-0.1, -0.05) is 30.3 Å². The van der Waals surface area contributed by atoms with Crippen LogP contribution in [-0.4, -0.2) is 25.3 Å². The summed E-state index contributed by atoms with van der Waals surface area (Å²) in [5, 5.41) is 2.68. The molecule has 1 aliphatic rings. The summed E-state index contributed by atoms with van der Waals surface area (Å²) < 4.78 is 10.6. The highest BCUT2D eigenvalue weighted by molar-refractivity contribution is 5.67. The molecule has 1 aromatic rings. The minimum atomic E-state index is -0.421. The van der Waals surface area contributed by atoms with Gasteiger partial charge in [-0.3, -0.25) is 0 Å². The maximum Gasteiger partial charge on any atom is 0.407 e. The van der Waals surface area contributed by atoms with E-state index in [0.29, 0.717) is 6.61 Å². The number of nitrogens with one attached hydrogen (secondary N) is 1. The third-order valence-electron chi connectivity index (χ3n) is 2.64. The van der Waals surface area contributed by atoms with E-state index in [1.165, 1.54) is 0 Å². The van der Waals surface area contributed by atoms with Crippen molar-refractivity contribution in [2.75, 3.05) is 13.2 Å². The molecular weight excluding hydrogens is 218 g/mol. The maximum absolute atomic E-state index is 11.4. The first-order valence-electron chi connectivity index (χ1n) is 5.75. The molecule has 0 saturated carbocycles. The van der Waals surface area contributed by atoms with Gasteiger partial charge in [-0.2, -0.15) is 0 Å². The lowest BCUT2D eigenvalue weighted by Gasteiger charge is -2.14. The van der Waals surface area contributed by atoms with E-state index in [1.54, 1.807) is 0 Å². The van der Waals surface area contributed by atoms with Crippen molar-refractivity contribution in [1.29, 1.82) is 0 Å². The molecule has 0 aromatic heterocycles. The molecule has 0 radical (unpaired) electrons. The summed E-state index contributed by atoms with van der Waals surface area (Å²) in [6.45, 7) is 4.64. The fourth-order valence-corrected chi connectivity index (χ4v) is 1.62. The van der Waals surface area contributed by atoms with E-state index < -0.39 is 11.7 Å². The van der Waals surface area contributed by atoms with Crippen LogP contribution in [0.2, 0.25) is 0 Å². The second-order valence-electron chi connectivity index (χ2n) is 4.52. The lowest BCUT2D eigenvalue weighted by Crippen LogP contribution is -2.33. The first-order valence-corrected chi connectivity index (χ1v) is 5.75. The third-order valence-corrected chi connectivity index (χ3v) is 2.64. The maximum atomic E-state index is 11.4. The number of epoxide rings is 1. The van der Waals surface area contributed by atoms with Gasteiger partial charge < -0.3 is 14.8 Å². The Bertz CT molecular complexity index is 385. The van der Waals surface area contributed by atoms with Crippen LogP contribution >= 0.6 is 0 Å². The highest BCUT2D eigenvalue weighted by Crippen LogP contribution is 2.38. The van der Waals surface area contributed by atoms with E-state index in [1.807, 2.05) is 44.2 Å². The Labute approximate surface area is 101 Å². The zero-order chi connectivity index (χ0) is 12.3. The first kappa shape index (κ1) is 11.9. The molecule has 92 valence electrons. The average Bonchev–Trinajstić information content (AvgIpc) is 3.08. The van der Waals surface area contributed by atoms with E-state index in [9.17, 15) is 4.79 Å². The molecule has 0 bridgehead atoms. The second kappa shape index (κ2) is 4.75. The summed E-state index contributed by atoms with van der Waals surface area (Å²) in [6, 6.07) is 9.90. The highest BCUT2D eigenvalue weighted by Gasteiger charge is 2.47. The average molecular weight is 235 g/mol. The van der Waals surface area contributed by atoms with Crippen LogP contribution in [-0.2, 0) is 15.1 Å². The first-order chi connectivity index (χ1) is 8.12. The normalized spacial score (nSPS) is 22.3. The zero-order valence-electron chi connectivity index (χ0n) is 10.1. The van der Waals surface area contributed by atoms with Crippen LogP contribution in [0.25, 0.3) is 0 Å². The van der Waals surface area contributed by atoms with Crippen molar-refractivity contribution in [1.82, 2.24) is 5.32 Å². The van der Waals surface area contributed by atoms with Crippen molar-refractivity contribution in [2.24, 2.45) is 0 Å². The molecule has 1 saturated heterocycles. The fourth-order valence-electron chi connectivity index (χ4n) is 1.62. The fraction of sp³-hybridized carbons (Fsp3) is 0.462. The molecule has 2 rings (SSSR count). The second-order valence-corrected chi connectivity index (χ2v) is 4.52. The van der Waals surface area contributed by atoms with Gasteiger partial charge >= 0.3 is 6.09 Å². The largest absolute Gasteiger partial charge is 0.446 e. The van der Waals surface area contributed by atoms with E-state index in [2.05, 4.69) is 5.32 Å². The lowest BCUT2D eigenvalue weighted by molar-refractivity contribution is 0.107. The molecule has 0 aliphatic carbocycles. The van der Waals surface area contributed by atoms with Crippen LogP contribution in [0.15, 0.2) is 30.3 Å². The van der Waals surface area contributed by atoms with Gasteiger partial charge in [-0.25, -0.2) is 4.79 Å². The van der Waals surface area contributed by atoms with Crippen molar-refractivity contribution < 1.29 is 14.3 Å². The topological polar surface area (TPSA) is 50.9 Å². The number of amides is 1. The number of carbonyl (C=O) groups is 1. The van der Waals surface area contributed by atoms with Crippen molar-refractivity contribution in [3.63, 3.8) is 0 Å². The van der Waals surface area contributed by atoms with Crippen molar-refractivity contribution in [3.8, 4) is 0 Å². The zero-order valence-corrected chi connectivity index (χ0v) is 10.1. The number of ether oxygens (including phenoxy) is 2. The molecule has 1 aromatic carbocycles. The number of alkyl carbamates (subject to hydrolysis) is 1. The van der Waals surface area contributed by atoms with E-state index >= 15 is 0 Å². The van der Waals surface area contributed by atoms with Crippen LogP contribution < -0.4 is 5.32 Å². The molecule has 1 heterocycles. The van der Waals surface area contributed by atoms with Gasteiger partial charge in [-0.05, 0) is 19.4 Å². The number of rotatable bonds is 4. The van der Waals surface area contributed by atoms with Gasteiger partial charge in [-0.15, -0.1) is 0 Å². The lowest BCUT2D eigenvalue weighted by atomic mass is 10.0. The van der Waals surface area contributed by atoms with Crippen molar-refractivity contribution in [2.45, 2.75) is 25.5 Å². The third kappa shape index (κ3) is 2.97. The minimum absolute atomic E-state index is 0.0790. The number of carbonyl (C=O) groups excluding carboxylic acids is 1. The molecule has 17 heavy (non-hydrogen) atoms. The van der Waals surface area contributed by atoms with Gasteiger partial charge in [0.2, 0.25) is 0 Å². The Morgan fingerprint density at radius 2 is 2.12 bits per heavy atom. The Hall–Kier alpha value is -1.55. The molecular formula is C13H17NO3. The molecule has 1 fully saturated rings. The molecule has 1 aliphatic heterocycles. The van der Waals surface area contributed by atoms with Gasteiger partial charge in [0.15, 0.2) is 5.60 Å². The molecule has 1 atom stereocenters. The van der Waals surface area contributed by atoms with Gasteiger partial charge in [0, 0.05) is 6.04 Å². The van der Waals surface area contributed by atoms with Crippen molar-refractivity contribution >= 4 is 6.09 Å². The summed E-state index contributed by atoms with van der Waals surface area (Å²) >= 11 is 0. The monoisotopic (exact) mass is 235 g/mol. The van der Waals surface area contributed by atoms with Crippen LogP contribution in [0.4, 0.5) is 4.79 Å². The molecule has 1 amide bonds. The predicted molar refractivity (Wildman–Crippen MR) is 63.7 cm³/mol. The standard InChI is InChI=1S/C13H17NO3/c1-10(2)14-12(15)16-8-13(9-17-13)11-6-4-3-5-7-11/h3-7,10H,8-9H2,1-2H3,(H,14,15). The highest BCUT2D eigenvalue weighted by atomic mass is 16.6. The van der Waals surface area contributed by atoms with Crippen LogP contribution in [0.3, 0.4) is 0 Å². The number of hydrogen-bond donors (Lipinski definition) is 1. The van der Waals surface area contributed by atoms with Gasteiger partial charge in [0.25, 0.3) is 0 Å². The molecule has 0 spiro atoms. The summed E-state index contributed by atoms with van der Waals surface area (Å²) in [5.41, 5.74) is 0.632. The Kier molecular flexibility index (Phi) is 3.33. The molecule has 4 heteroatoms. The molecule has 1 unspecified atom stereocenters. The van der Waals surface area contributed by atoms with Crippen LogP contribution in [0.1, 0.15) is 19.4 Å². The van der Waals surface area contributed by atoms with Gasteiger partial charge in [0.1, 0.15) is 6.61 Å². The predicted octanol–water partition coefficient (Wildman–Crippen LogP) is 2.05. The van der Waals surface area contributed by atoms with Gasteiger partial charge in [0.05, 0.1) is 6.61 Å². The van der Waals surface area contributed by atoms with E-state index in [0.717, 1.165) is 5.56 Å². The van der Waals surface area contributed by atoms with E-state index in [-0.39, 0.29) is 12.6 Å². The Balaban J connectivity index is 1.89. The quantitative estimate of drug-likeness (QED) is 0.812. The molecule has 1 N–H and O–H groups in total. The van der Waals surface area contributed by atoms with Crippen LogP contribution in [0, 0.1) is 0 Å².